The molecule has 3 rings (SSSR count). The number of aryl methyl sites for hydroxylation is 1. The summed E-state index contributed by atoms with van der Waals surface area (Å²) in [6.07, 6.45) is 0. The number of nitrogens with zero attached hydrogens (tertiary/aromatic N) is 4. The second-order valence-corrected chi connectivity index (χ2v) is 6.88. The molecule has 0 fully saturated rings. The summed E-state index contributed by atoms with van der Waals surface area (Å²) in [5, 5.41) is 3.74. The Morgan fingerprint density at radius 3 is 2.77 bits per heavy atom. The Morgan fingerprint density at radius 1 is 1.35 bits per heavy atom. The number of halogens is 2. The number of carbonyl (C=O) groups excluding carboxylic acids is 2. The quantitative estimate of drug-likeness (QED) is 0.630. The number of hydrogen-bond donors (Lipinski definition) is 0. The molecule has 0 N–H and O–H groups in total. The molecule has 0 aliphatic carbocycles. The molecule has 0 saturated carbocycles. The number of benzene rings is 1. The number of thiazole rings is 1. The Kier molecular flexibility index (Phi) is 5.18. The van der Waals surface area contributed by atoms with E-state index in [-0.39, 0.29) is 33.0 Å². The first-order valence-electron chi connectivity index (χ1n) is 7.42. The highest BCUT2D eigenvalue weighted by atomic mass is 32.1. The molecule has 0 aliphatic heterocycles. The highest BCUT2D eigenvalue weighted by Crippen LogP contribution is 2.22. The van der Waals surface area contributed by atoms with E-state index in [2.05, 4.69) is 14.6 Å². The predicted molar refractivity (Wildman–Crippen MR) is 90.9 cm³/mol. The number of amides is 1. The standard InChI is InChI=1S/C15H12F2N4O3S2/c1-3-24-11(22)6-21-12-9(17)4-8(16)5-10(12)25-15(21)18-14(23)13-7(2)19-20-26-13/h4-5H,3,6H2,1-2H3. The highest BCUT2D eigenvalue weighted by molar-refractivity contribution is 7.16. The zero-order valence-electron chi connectivity index (χ0n) is 13.7. The van der Waals surface area contributed by atoms with Gasteiger partial charge in [0.15, 0.2) is 10.6 Å². The normalized spacial score (nSPS) is 11.9. The van der Waals surface area contributed by atoms with Crippen LogP contribution in [0.3, 0.4) is 0 Å². The summed E-state index contributed by atoms with van der Waals surface area (Å²) < 4.78 is 37.8. The fraction of sp³-hybridized carbons (Fsp3) is 0.267. The Hall–Kier alpha value is -2.53. The van der Waals surface area contributed by atoms with Gasteiger partial charge in [0.2, 0.25) is 0 Å². The van der Waals surface area contributed by atoms with Gasteiger partial charge in [0, 0.05) is 6.07 Å². The van der Waals surface area contributed by atoms with E-state index in [1.54, 1.807) is 13.8 Å². The summed E-state index contributed by atoms with van der Waals surface area (Å²) in [6.45, 7) is 3.04. The molecular formula is C15H12F2N4O3S2. The van der Waals surface area contributed by atoms with Gasteiger partial charge in [-0.1, -0.05) is 15.8 Å². The molecule has 0 spiro atoms. The highest BCUT2D eigenvalue weighted by Gasteiger charge is 2.18. The third kappa shape index (κ3) is 3.53. The van der Waals surface area contributed by atoms with Crippen LogP contribution in [0.2, 0.25) is 0 Å². The Bertz CT molecular complexity index is 1070. The number of hydrogen-bond acceptors (Lipinski definition) is 7. The van der Waals surface area contributed by atoms with E-state index in [1.165, 1.54) is 4.57 Å². The van der Waals surface area contributed by atoms with E-state index in [0.717, 1.165) is 28.9 Å². The van der Waals surface area contributed by atoms with Crippen molar-refractivity contribution in [3.05, 3.63) is 39.1 Å². The monoisotopic (exact) mass is 398 g/mol. The number of carbonyl (C=O) groups is 2. The fourth-order valence-electron chi connectivity index (χ4n) is 2.26. The maximum absolute atomic E-state index is 14.3. The van der Waals surface area contributed by atoms with Crippen LogP contribution in [0.15, 0.2) is 17.1 Å². The number of fused-ring (bicyclic) bond motifs is 1. The van der Waals surface area contributed by atoms with Gasteiger partial charge < -0.3 is 9.30 Å². The summed E-state index contributed by atoms with van der Waals surface area (Å²) in [6, 6.07) is 1.83. The third-order valence-corrected chi connectivity index (χ3v) is 5.17. The van der Waals surface area contributed by atoms with Crippen LogP contribution in [0.5, 0.6) is 0 Å². The van der Waals surface area contributed by atoms with E-state index >= 15 is 0 Å². The van der Waals surface area contributed by atoms with E-state index < -0.39 is 23.5 Å². The minimum Gasteiger partial charge on any atom is -0.465 e. The minimum atomic E-state index is -0.856. The molecule has 0 radical (unpaired) electrons. The second kappa shape index (κ2) is 7.38. The maximum Gasteiger partial charge on any atom is 0.326 e. The van der Waals surface area contributed by atoms with Crippen molar-refractivity contribution < 1.29 is 23.1 Å². The van der Waals surface area contributed by atoms with Crippen molar-refractivity contribution in [2.45, 2.75) is 20.4 Å². The van der Waals surface area contributed by atoms with Crippen molar-refractivity contribution in [1.29, 1.82) is 0 Å². The molecule has 0 unspecified atom stereocenters. The number of ether oxygens (including phenoxy) is 1. The van der Waals surface area contributed by atoms with Crippen molar-refractivity contribution in [1.82, 2.24) is 14.2 Å². The fourth-order valence-corrected chi connectivity index (χ4v) is 3.87. The number of aromatic nitrogens is 3. The lowest BCUT2D eigenvalue weighted by Crippen LogP contribution is -2.23. The molecule has 0 bridgehead atoms. The summed E-state index contributed by atoms with van der Waals surface area (Å²) >= 11 is 1.78. The third-order valence-electron chi connectivity index (χ3n) is 3.33. The van der Waals surface area contributed by atoms with Crippen molar-refractivity contribution in [3.8, 4) is 0 Å². The number of rotatable bonds is 4. The van der Waals surface area contributed by atoms with Crippen LogP contribution >= 0.6 is 22.9 Å². The van der Waals surface area contributed by atoms with Crippen LogP contribution in [0.1, 0.15) is 22.3 Å². The lowest BCUT2D eigenvalue weighted by molar-refractivity contribution is -0.143. The first kappa shape index (κ1) is 18.3. The summed E-state index contributed by atoms with van der Waals surface area (Å²) in [5.41, 5.74) is 0.397. The average molecular weight is 398 g/mol. The first-order chi connectivity index (χ1) is 12.4. The SMILES string of the molecule is CCOC(=O)Cn1c(=NC(=O)c2snnc2C)sc2cc(F)cc(F)c21. The predicted octanol–water partition coefficient (Wildman–Crippen LogP) is 2.45. The van der Waals surface area contributed by atoms with Crippen molar-refractivity contribution in [3.63, 3.8) is 0 Å². The van der Waals surface area contributed by atoms with Crippen LogP contribution in [-0.4, -0.2) is 32.6 Å². The molecule has 3 aromatic rings. The molecular weight excluding hydrogens is 386 g/mol. The van der Waals surface area contributed by atoms with E-state index in [4.69, 9.17) is 4.74 Å². The maximum atomic E-state index is 14.3. The lowest BCUT2D eigenvalue weighted by atomic mass is 10.3. The zero-order chi connectivity index (χ0) is 18.8. The van der Waals surface area contributed by atoms with Gasteiger partial charge in [-0.05, 0) is 31.4 Å². The van der Waals surface area contributed by atoms with Gasteiger partial charge in [0.25, 0.3) is 5.91 Å². The Balaban J connectivity index is 2.18. The summed E-state index contributed by atoms with van der Waals surface area (Å²) in [7, 11) is 0. The smallest absolute Gasteiger partial charge is 0.326 e. The van der Waals surface area contributed by atoms with Gasteiger partial charge in [-0.2, -0.15) is 4.99 Å². The average Bonchev–Trinajstić information content (AvgIpc) is 3.12. The molecule has 7 nitrogen and oxygen atoms in total. The molecule has 0 atom stereocenters. The molecule has 11 heteroatoms. The van der Waals surface area contributed by atoms with Crippen molar-refractivity contribution in [2.75, 3.05) is 6.61 Å². The van der Waals surface area contributed by atoms with Gasteiger partial charge in [0.05, 0.1) is 22.5 Å². The van der Waals surface area contributed by atoms with Crippen molar-refractivity contribution in [2.24, 2.45) is 4.99 Å². The van der Waals surface area contributed by atoms with Crippen LogP contribution < -0.4 is 4.80 Å². The Labute approximate surface area is 153 Å². The van der Waals surface area contributed by atoms with E-state index in [0.29, 0.717) is 11.8 Å². The van der Waals surface area contributed by atoms with Gasteiger partial charge in [-0.25, -0.2) is 8.78 Å². The molecule has 0 aliphatic rings. The lowest BCUT2D eigenvalue weighted by Gasteiger charge is -2.05. The zero-order valence-corrected chi connectivity index (χ0v) is 15.3. The molecule has 1 aromatic carbocycles. The number of esters is 1. The second-order valence-electron chi connectivity index (χ2n) is 5.11. The molecule has 26 heavy (non-hydrogen) atoms. The van der Waals surface area contributed by atoms with Crippen LogP contribution in [-0.2, 0) is 16.1 Å². The molecule has 2 aromatic heterocycles. The first-order valence-corrected chi connectivity index (χ1v) is 9.01. The summed E-state index contributed by atoms with van der Waals surface area (Å²) in [5.74, 6) is -2.87. The van der Waals surface area contributed by atoms with E-state index in [9.17, 15) is 18.4 Å². The minimum absolute atomic E-state index is 0.0184. The Morgan fingerprint density at radius 2 is 2.12 bits per heavy atom. The van der Waals surface area contributed by atoms with Crippen molar-refractivity contribution >= 4 is 45.0 Å². The van der Waals surface area contributed by atoms with Gasteiger partial charge >= 0.3 is 5.97 Å². The van der Waals surface area contributed by atoms with Gasteiger partial charge in [-0.3, -0.25) is 9.59 Å². The molecule has 1 amide bonds. The van der Waals surface area contributed by atoms with Gasteiger partial charge in [0.1, 0.15) is 17.2 Å². The van der Waals surface area contributed by atoms with Crippen LogP contribution in [0.4, 0.5) is 8.78 Å². The molecule has 0 saturated heterocycles. The molecule has 2 heterocycles. The van der Waals surface area contributed by atoms with E-state index in [1.807, 2.05) is 0 Å². The summed E-state index contributed by atoms with van der Waals surface area (Å²) in [4.78, 5) is 28.5. The van der Waals surface area contributed by atoms with Crippen LogP contribution in [0.25, 0.3) is 10.2 Å². The topological polar surface area (TPSA) is 86.4 Å². The van der Waals surface area contributed by atoms with Gasteiger partial charge in [-0.15, -0.1) is 5.10 Å². The molecule has 136 valence electrons. The largest absolute Gasteiger partial charge is 0.465 e. The van der Waals surface area contributed by atoms with Crippen LogP contribution in [0, 0.1) is 18.6 Å².